The molecular formula is C14H19F2N3O. The summed E-state index contributed by atoms with van der Waals surface area (Å²) in [5, 5.41) is 2.69. The van der Waals surface area contributed by atoms with Crippen LogP contribution in [0.5, 0.6) is 0 Å². The Morgan fingerprint density at radius 3 is 2.60 bits per heavy atom. The van der Waals surface area contributed by atoms with Gasteiger partial charge in [0.15, 0.2) is 0 Å². The predicted molar refractivity (Wildman–Crippen MR) is 75.3 cm³/mol. The van der Waals surface area contributed by atoms with E-state index in [1.807, 2.05) is 11.8 Å². The Hall–Kier alpha value is -1.85. The monoisotopic (exact) mass is 283 g/mol. The highest BCUT2D eigenvalue weighted by Crippen LogP contribution is 2.33. The van der Waals surface area contributed by atoms with Gasteiger partial charge in [-0.2, -0.15) is 0 Å². The highest BCUT2D eigenvalue weighted by Gasteiger charge is 2.34. The van der Waals surface area contributed by atoms with Gasteiger partial charge in [-0.25, -0.2) is 8.78 Å². The van der Waals surface area contributed by atoms with Gasteiger partial charge < -0.3 is 16.0 Å². The lowest BCUT2D eigenvalue weighted by molar-refractivity contribution is -0.0220. The van der Waals surface area contributed by atoms with Gasteiger partial charge in [-0.3, -0.25) is 4.79 Å². The zero-order chi connectivity index (χ0) is 14.8. The topological polar surface area (TPSA) is 58.4 Å². The number of hydrogen-bond acceptors (Lipinski definition) is 3. The largest absolute Gasteiger partial charge is 0.397 e. The molecule has 0 bridgehead atoms. The van der Waals surface area contributed by atoms with E-state index in [0.29, 0.717) is 23.5 Å². The van der Waals surface area contributed by atoms with Gasteiger partial charge in [0.2, 0.25) is 0 Å². The van der Waals surface area contributed by atoms with E-state index >= 15 is 0 Å². The van der Waals surface area contributed by atoms with E-state index in [1.54, 1.807) is 18.2 Å². The number of carbonyl (C=O) groups excluding carboxylic acids is 1. The second-order valence-electron chi connectivity index (χ2n) is 4.98. The average Bonchev–Trinajstić information content (AvgIpc) is 2.39. The molecule has 0 aliphatic carbocycles. The number of nitrogens with two attached hydrogens (primary N) is 1. The van der Waals surface area contributed by atoms with Crippen LogP contribution in [0, 0.1) is 0 Å². The Kier molecular flexibility index (Phi) is 4.11. The first kappa shape index (κ1) is 14.6. The van der Waals surface area contributed by atoms with Crippen LogP contribution in [0.25, 0.3) is 0 Å². The van der Waals surface area contributed by atoms with Crippen LogP contribution in [-0.4, -0.2) is 31.5 Å². The summed E-state index contributed by atoms with van der Waals surface area (Å²) in [7, 11) is 0. The zero-order valence-corrected chi connectivity index (χ0v) is 11.5. The Bertz CT molecular complexity index is 495. The number of piperidine rings is 1. The molecule has 4 nitrogen and oxygen atoms in total. The van der Waals surface area contributed by atoms with E-state index in [4.69, 9.17) is 5.73 Å². The molecule has 6 heteroatoms. The minimum absolute atomic E-state index is 0.162. The Morgan fingerprint density at radius 1 is 1.40 bits per heavy atom. The maximum Gasteiger partial charge on any atom is 0.251 e. The molecule has 2 rings (SSSR count). The number of hydrogen-bond donors (Lipinski definition) is 2. The molecule has 1 aliphatic rings. The van der Waals surface area contributed by atoms with Gasteiger partial charge in [0, 0.05) is 38.0 Å². The van der Waals surface area contributed by atoms with Crippen LogP contribution in [-0.2, 0) is 0 Å². The number of benzene rings is 1. The third-order valence-corrected chi connectivity index (χ3v) is 3.46. The van der Waals surface area contributed by atoms with Gasteiger partial charge in [-0.15, -0.1) is 0 Å². The summed E-state index contributed by atoms with van der Waals surface area (Å²) in [5.41, 5.74) is 7.59. The normalized spacial score (nSPS) is 17.9. The van der Waals surface area contributed by atoms with Gasteiger partial charge in [0.1, 0.15) is 0 Å². The number of nitrogens with zero attached hydrogens (tertiary/aromatic N) is 1. The summed E-state index contributed by atoms with van der Waals surface area (Å²) in [4.78, 5) is 13.5. The molecule has 0 unspecified atom stereocenters. The summed E-state index contributed by atoms with van der Waals surface area (Å²) in [6, 6.07) is 4.99. The number of alkyl halides is 2. The van der Waals surface area contributed by atoms with E-state index < -0.39 is 5.92 Å². The van der Waals surface area contributed by atoms with E-state index in [1.165, 1.54) is 0 Å². The van der Waals surface area contributed by atoms with Crippen molar-refractivity contribution in [2.24, 2.45) is 0 Å². The molecule has 1 aromatic rings. The van der Waals surface area contributed by atoms with Crippen LogP contribution in [0.15, 0.2) is 18.2 Å². The maximum atomic E-state index is 13.1. The van der Waals surface area contributed by atoms with Crippen LogP contribution in [0.3, 0.4) is 0 Å². The molecule has 1 saturated heterocycles. The van der Waals surface area contributed by atoms with Crippen molar-refractivity contribution in [1.29, 1.82) is 0 Å². The van der Waals surface area contributed by atoms with Crippen LogP contribution < -0.4 is 16.0 Å². The summed E-state index contributed by atoms with van der Waals surface area (Å²) in [5.74, 6) is -2.76. The van der Waals surface area contributed by atoms with Gasteiger partial charge in [0.05, 0.1) is 11.4 Å². The van der Waals surface area contributed by atoms with Gasteiger partial charge in [0.25, 0.3) is 11.8 Å². The first-order valence-corrected chi connectivity index (χ1v) is 6.73. The van der Waals surface area contributed by atoms with Crippen molar-refractivity contribution in [2.75, 3.05) is 30.3 Å². The third-order valence-electron chi connectivity index (χ3n) is 3.46. The molecule has 20 heavy (non-hydrogen) atoms. The maximum absolute atomic E-state index is 13.1. The number of amides is 1. The van der Waals surface area contributed by atoms with E-state index in [9.17, 15) is 13.6 Å². The van der Waals surface area contributed by atoms with Crippen molar-refractivity contribution in [2.45, 2.75) is 25.7 Å². The molecule has 1 aliphatic heterocycles. The number of nitrogen functional groups attached to an aromatic ring is 1. The summed E-state index contributed by atoms with van der Waals surface area (Å²) in [6.07, 6.45) is -0.324. The highest BCUT2D eigenvalue weighted by atomic mass is 19.3. The molecule has 0 radical (unpaired) electrons. The summed E-state index contributed by atoms with van der Waals surface area (Å²) < 4.78 is 26.3. The standard InChI is InChI=1S/C14H19F2N3O/c1-2-18-13(20)10-3-4-12(11(17)9-10)19-7-5-14(15,16)6-8-19/h3-4,9H,2,5-8,17H2,1H3,(H,18,20). The van der Waals surface area contributed by atoms with Crippen LogP contribution in [0.2, 0.25) is 0 Å². The molecule has 1 fully saturated rings. The quantitative estimate of drug-likeness (QED) is 0.837. The van der Waals surface area contributed by atoms with Crippen molar-refractivity contribution in [3.05, 3.63) is 23.8 Å². The Balaban J connectivity index is 2.12. The number of nitrogens with one attached hydrogen (secondary N) is 1. The fourth-order valence-electron chi connectivity index (χ4n) is 2.32. The van der Waals surface area contributed by atoms with Crippen molar-refractivity contribution in [1.82, 2.24) is 5.32 Å². The molecular weight excluding hydrogens is 264 g/mol. The Morgan fingerprint density at radius 2 is 2.05 bits per heavy atom. The van der Waals surface area contributed by atoms with Crippen LogP contribution >= 0.6 is 0 Å². The molecule has 1 heterocycles. The molecule has 1 aromatic carbocycles. The second-order valence-corrected chi connectivity index (χ2v) is 4.98. The van der Waals surface area contributed by atoms with Crippen LogP contribution in [0.4, 0.5) is 20.2 Å². The second kappa shape index (κ2) is 5.64. The lowest BCUT2D eigenvalue weighted by Crippen LogP contribution is -2.39. The molecule has 110 valence electrons. The lowest BCUT2D eigenvalue weighted by atomic mass is 10.0. The molecule has 1 amide bonds. The van der Waals surface area contributed by atoms with E-state index in [0.717, 1.165) is 0 Å². The van der Waals surface area contributed by atoms with Gasteiger partial charge >= 0.3 is 0 Å². The van der Waals surface area contributed by atoms with Crippen molar-refractivity contribution in [3.8, 4) is 0 Å². The van der Waals surface area contributed by atoms with Gasteiger partial charge in [-0.05, 0) is 25.1 Å². The zero-order valence-electron chi connectivity index (χ0n) is 11.5. The molecule has 3 N–H and O–H groups in total. The lowest BCUT2D eigenvalue weighted by Gasteiger charge is -2.34. The third kappa shape index (κ3) is 3.18. The first-order valence-electron chi connectivity index (χ1n) is 6.73. The number of carbonyl (C=O) groups is 1. The average molecular weight is 283 g/mol. The predicted octanol–water partition coefficient (Wildman–Crippen LogP) is 2.25. The molecule has 0 atom stereocenters. The fourth-order valence-corrected chi connectivity index (χ4v) is 2.32. The fraction of sp³-hybridized carbons (Fsp3) is 0.500. The molecule has 0 aromatic heterocycles. The first-order chi connectivity index (χ1) is 9.43. The van der Waals surface area contributed by atoms with Crippen LogP contribution in [0.1, 0.15) is 30.1 Å². The van der Waals surface area contributed by atoms with Gasteiger partial charge in [-0.1, -0.05) is 0 Å². The van der Waals surface area contributed by atoms with E-state index in [-0.39, 0.29) is 31.8 Å². The summed E-state index contributed by atoms with van der Waals surface area (Å²) in [6.45, 7) is 2.93. The van der Waals surface area contributed by atoms with Crippen molar-refractivity contribution >= 4 is 17.3 Å². The van der Waals surface area contributed by atoms with Crippen molar-refractivity contribution in [3.63, 3.8) is 0 Å². The number of halogens is 2. The molecule has 0 spiro atoms. The van der Waals surface area contributed by atoms with Crippen molar-refractivity contribution < 1.29 is 13.6 Å². The number of anilines is 2. The van der Waals surface area contributed by atoms with E-state index in [2.05, 4.69) is 5.32 Å². The SMILES string of the molecule is CCNC(=O)c1ccc(N2CCC(F)(F)CC2)c(N)c1. The smallest absolute Gasteiger partial charge is 0.251 e. The molecule has 0 saturated carbocycles. The minimum atomic E-state index is -2.58. The number of rotatable bonds is 3. The Labute approximate surface area is 116 Å². The minimum Gasteiger partial charge on any atom is -0.397 e. The summed E-state index contributed by atoms with van der Waals surface area (Å²) >= 11 is 0. The highest BCUT2D eigenvalue weighted by molar-refractivity contribution is 5.96.